The minimum Gasteiger partial charge on any atom is -0.454 e. The van der Waals surface area contributed by atoms with Gasteiger partial charge in [-0.05, 0) is 43.5 Å². The van der Waals surface area contributed by atoms with Gasteiger partial charge in [0.15, 0.2) is 11.5 Å². The zero-order valence-electron chi connectivity index (χ0n) is 13.7. The Hall–Kier alpha value is -1.22. The highest BCUT2D eigenvalue weighted by Gasteiger charge is 2.15. The summed E-state index contributed by atoms with van der Waals surface area (Å²) < 4.78 is 10.8. The molecule has 3 nitrogen and oxygen atoms in total. The van der Waals surface area contributed by atoms with Crippen molar-refractivity contribution in [2.75, 3.05) is 13.3 Å². The Morgan fingerprint density at radius 3 is 2.57 bits per heavy atom. The van der Waals surface area contributed by atoms with Crippen molar-refractivity contribution in [3.05, 3.63) is 23.8 Å². The first-order chi connectivity index (χ1) is 10.2. The second-order valence-electron chi connectivity index (χ2n) is 6.39. The lowest BCUT2D eigenvalue weighted by Crippen LogP contribution is -2.19. The molecule has 1 heterocycles. The summed E-state index contributed by atoms with van der Waals surface area (Å²) in [4.78, 5) is 0. The van der Waals surface area contributed by atoms with Crippen LogP contribution in [0, 0.1) is 5.92 Å². The molecule has 0 radical (unpaired) electrons. The molecular formula is C18H29NO2. The number of ether oxygens (including phenoxy) is 2. The SMILES string of the molecule is CC(C)CCCCCCNC(C)c1ccc2c(c1)OCO2. The molecule has 3 heteroatoms. The molecule has 118 valence electrons. The molecule has 0 saturated carbocycles. The zero-order chi connectivity index (χ0) is 15.1. The van der Waals surface area contributed by atoms with Gasteiger partial charge < -0.3 is 14.8 Å². The second kappa shape index (κ2) is 8.28. The van der Waals surface area contributed by atoms with E-state index < -0.39 is 0 Å². The van der Waals surface area contributed by atoms with Crippen LogP contribution in [0.3, 0.4) is 0 Å². The highest BCUT2D eigenvalue weighted by Crippen LogP contribution is 2.34. The summed E-state index contributed by atoms with van der Waals surface area (Å²) in [6.45, 7) is 8.23. The highest BCUT2D eigenvalue weighted by molar-refractivity contribution is 5.45. The molecule has 0 aromatic heterocycles. The minimum absolute atomic E-state index is 0.344. The van der Waals surface area contributed by atoms with Crippen molar-refractivity contribution in [1.82, 2.24) is 5.32 Å². The van der Waals surface area contributed by atoms with Crippen molar-refractivity contribution in [2.24, 2.45) is 5.92 Å². The van der Waals surface area contributed by atoms with Crippen LogP contribution in [-0.4, -0.2) is 13.3 Å². The first-order valence-electron chi connectivity index (χ1n) is 8.29. The Balaban J connectivity index is 1.62. The molecule has 1 N–H and O–H groups in total. The molecule has 21 heavy (non-hydrogen) atoms. The quantitative estimate of drug-likeness (QED) is 0.670. The maximum absolute atomic E-state index is 5.43. The summed E-state index contributed by atoms with van der Waals surface area (Å²) in [5, 5.41) is 3.59. The van der Waals surface area contributed by atoms with Gasteiger partial charge in [0.2, 0.25) is 6.79 Å². The van der Waals surface area contributed by atoms with Crippen molar-refractivity contribution in [1.29, 1.82) is 0 Å². The molecule has 1 aliphatic rings. The zero-order valence-corrected chi connectivity index (χ0v) is 13.7. The summed E-state index contributed by atoms with van der Waals surface area (Å²) in [6.07, 6.45) is 6.68. The lowest BCUT2D eigenvalue weighted by Gasteiger charge is -2.14. The maximum atomic E-state index is 5.43. The van der Waals surface area contributed by atoms with E-state index in [-0.39, 0.29) is 0 Å². The van der Waals surface area contributed by atoms with E-state index in [1.165, 1.54) is 37.7 Å². The molecule has 0 saturated heterocycles. The van der Waals surface area contributed by atoms with Gasteiger partial charge in [-0.25, -0.2) is 0 Å². The second-order valence-corrected chi connectivity index (χ2v) is 6.39. The average molecular weight is 291 g/mol. The number of nitrogens with one attached hydrogen (secondary N) is 1. The number of hydrogen-bond acceptors (Lipinski definition) is 3. The van der Waals surface area contributed by atoms with Crippen molar-refractivity contribution < 1.29 is 9.47 Å². The Morgan fingerprint density at radius 2 is 1.76 bits per heavy atom. The number of fused-ring (bicyclic) bond motifs is 1. The van der Waals surface area contributed by atoms with Gasteiger partial charge in [0.05, 0.1) is 0 Å². The van der Waals surface area contributed by atoms with Crippen molar-refractivity contribution >= 4 is 0 Å². The van der Waals surface area contributed by atoms with E-state index >= 15 is 0 Å². The molecule has 1 aromatic carbocycles. The summed E-state index contributed by atoms with van der Waals surface area (Å²) in [7, 11) is 0. The summed E-state index contributed by atoms with van der Waals surface area (Å²) in [5.41, 5.74) is 1.26. The molecule has 0 fully saturated rings. The molecule has 0 amide bonds. The summed E-state index contributed by atoms with van der Waals surface area (Å²) >= 11 is 0. The van der Waals surface area contributed by atoms with Crippen molar-refractivity contribution in [3.63, 3.8) is 0 Å². The van der Waals surface area contributed by atoms with Crippen LogP contribution < -0.4 is 14.8 Å². The maximum Gasteiger partial charge on any atom is 0.231 e. The van der Waals surface area contributed by atoms with Crippen LogP contribution in [0.25, 0.3) is 0 Å². The van der Waals surface area contributed by atoms with Gasteiger partial charge in [0.1, 0.15) is 0 Å². The van der Waals surface area contributed by atoms with Crippen LogP contribution in [0.4, 0.5) is 0 Å². The number of hydrogen-bond donors (Lipinski definition) is 1. The van der Waals surface area contributed by atoms with Crippen LogP contribution in [0.1, 0.15) is 64.5 Å². The van der Waals surface area contributed by atoms with E-state index in [2.05, 4.69) is 38.2 Å². The van der Waals surface area contributed by atoms with Crippen LogP contribution in [0.15, 0.2) is 18.2 Å². The minimum atomic E-state index is 0.344. The molecule has 0 bridgehead atoms. The molecule has 1 unspecified atom stereocenters. The van der Waals surface area contributed by atoms with E-state index in [1.54, 1.807) is 0 Å². The third-order valence-corrected chi connectivity index (χ3v) is 4.06. The van der Waals surface area contributed by atoms with Crippen molar-refractivity contribution in [3.8, 4) is 11.5 Å². The Bertz CT molecular complexity index is 431. The largest absolute Gasteiger partial charge is 0.454 e. The lowest BCUT2D eigenvalue weighted by atomic mass is 10.0. The molecular weight excluding hydrogens is 262 g/mol. The highest BCUT2D eigenvalue weighted by atomic mass is 16.7. The Kier molecular flexibility index (Phi) is 6.37. The van der Waals surface area contributed by atoms with Crippen LogP contribution in [0.2, 0.25) is 0 Å². The standard InChI is InChI=1S/C18H29NO2/c1-14(2)8-6-4-5-7-11-19-15(3)16-9-10-17-18(12-16)21-13-20-17/h9-10,12,14-15,19H,4-8,11,13H2,1-3H3. The fourth-order valence-corrected chi connectivity index (χ4v) is 2.65. The fraction of sp³-hybridized carbons (Fsp3) is 0.667. The topological polar surface area (TPSA) is 30.5 Å². The van der Waals surface area contributed by atoms with Gasteiger partial charge in [0.25, 0.3) is 0 Å². The van der Waals surface area contributed by atoms with E-state index in [0.29, 0.717) is 12.8 Å². The molecule has 1 atom stereocenters. The van der Waals surface area contributed by atoms with Crippen LogP contribution >= 0.6 is 0 Å². The number of unbranched alkanes of at least 4 members (excludes halogenated alkanes) is 3. The molecule has 0 aliphatic carbocycles. The van der Waals surface area contributed by atoms with Gasteiger partial charge in [-0.1, -0.05) is 45.6 Å². The smallest absolute Gasteiger partial charge is 0.231 e. The third kappa shape index (κ3) is 5.24. The number of benzene rings is 1. The third-order valence-electron chi connectivity index (χ3n) is 4.06. The van der Waals surface area contributed by atoms with E-state index in [9.17, 15) is 0 Å². The molecule has 1 aromatic rings. The van der Waals surface area contributed by atoms with Gasteiger partial charge in [0, 0.05) is 6.04 Å². The molecule has 0 spiro atoms. The van der Waals surface area contributed by atoms with Gasteiger partial charge in [-0.15, -0.1) is 0 Å². The Morgan fingerprint density at radius 1 is 1.00 bits per heavy atom. The average Bonchev–Trinajstić information content (AvgIpc) is 2.93. The first-order valence-corrected chi connectivity index (χ1v) is 8.29. The predicted molar refractivity (Wildman–Crippen MR) is 86.9 cm³/mol. The van der Waals surface area contributed by atoms with Gasteiger partial charge in [-0.2, -0.15) is 0 Å². The summed E-state index contributed by atoms with van der Waals surface area (Å²) in [5.74, 6) is 2.57. The molecule has 2 rings (SSSR count). The van der Waals surface area contributed by atoms with Gasteiger partial charge in [-0.3, -0.25) is 0 Å². The van der Waals surface area contributed by atoms with Crippen LogP contribution in [-0.2, 0) is 0 Å². The van der Waals surface area contributed by atoms with E-state index in [1.807, 2.05) is 6.07 Å². The number of rotatable bonds is 9. The first kappa shape index (κ1) is 16.2. The van der Waals surface area contributed by atoms with E-state index in [0.717, 1.165) is 24.0 Å². The summed E-state index contributed by atoms with van der Waals surface area (Å²) in [6, 6.07) is 6.56. The normalized spacial score (nSPS) is 14.7. The fourth-order valence-electron chi connectivity index (χ4n) is 2.65. The van der Waals surface area contributed by atoms with Gasteiger partial charge >= 0.3 is 0 Å². The lowest BCUT2D eigenvalue weighted by molar-refractivity contribution is 0.174. The predicted octanol–water partition coefficient (Wildman–Crippen LogP) is 4.67. The monoisotopic (exact) mass is 291 g/mol. The molecule has 1 aliphatic heterocycles. The van der Waals surface area contributed by atoms with E-state index in [4.69, 9.17) is 9.47 Å². The van der Waals surface area contributed by atoms with Crippen LogP contribution in [0.5, 0.6) is 11.5 Å². The Labute approximate surface area is 129 Å². The van der Waals surface area contributed by atoms with Crippen molar-refractivity contribution in [2.45, 2.75) is 58.9 Å².